The summed E-state index contributed by atoms with van der Waals surface area (Å²) in [7, 11) is 0. The van der Waals surface area contributed by atoms with E-state index in [1.807, 2.05) is 24.3 Å². The first kappa shape index (κ1) is 15.1. The minimum absolute atomic E-state index is 0.275. The van der Waals surface area contributed by atoms with Crippen LogP contribution in [-0.4, -0.2) is 17.0 Å². The molecular weight excluding hydrogens is 326 g/mol. The summed E-state index contributed by atoms with van der Waals surface area (Å²) < 4.78 is 0. The Labute approximate surface area is 145 Å². The van der Waals surface area contributed by atoms with E-state index in [2.05, 4.69) is 20.8 Å². The molecule has 23 heavy (non-hydrogen) atoms. The Bertz CT molecular complexity index is 849. The van der Waals surface area contributed by atoms with Gasteiger partial charge in [0.25, 0.3) is 0 Å². The van der Waals surface area contributed by atoms with E-state index in [9.17, 15) is 4.79 Å². The molecule has 4 rings (SSSR count). The van der Waals surface area contributed by atoms with Crippen molar-refractivity contribution in [2.24, 2.45) is 10.9 Å². The number of thiophene rings is 1. The SMILES string of the molecule is Cc1sc2c(c1C)C(c1ccc(Cl)cc1)=N[C@@]1(C[C@@H]1C)C(=O)C2. The Morgan fingerprint density at radius 2 is 1.91 bits per heavy atom. The predicted molar refractivity (Wildman–Crippen MR) is 96.1 cm³/mol. The van der Waals surface area contributed by atoms with Gasteiger partial charge in [-0.05, 0) is 43.9 Å². The van der Waals surface area contributed by atoms with Gasteiger partial charge >= 0.3 is 0 Å². The first-order valence-electron chi connectivity index (χ1n) is 7.90. The van der Waals surface area contributed by atoms with E-state index in [1.54, 1.807) is 11.3 Å². The molecule has 1 aliphatic heterocycles. The van der Waals surface area contributed by atoms with Gasteiger partial charge in [0.1, 0.15) is 5.54 Å². The topological polar surface area (TPSA) is 29.4 Å². The molecule has 1 fully saturated rings. The van der Waals surface area contributed by atoms with E-state index < -0.39 is 5.54 Å². The lowest BCUT2D eigenvalue weighted by Crippen LogP contribution is -2.24. The highest BCUT2D eigenvalue weighted by atomic mass is 35.5. The summed E-state index contributed by atoms with van der Waals surface area (Å²) in [5.74, 6) is 0.615. The summed E-state index contributed by atoms with van der Waals surface area (Å²) in [6.07, 6.45) is 1.38. The largest absolute Gasteiger partial charge is 0.297 e. The van der Waals surface area contributed by atoms with Crippen LogP contribution in [0.5, 0.6) is 0 Å². The van der Waals surface area contributed by atoms with E-state index in [4.69, 9.17) is 16.6 Å². The zero-order chi connectivity index (χ0) is 16.4. The number of aliphatic imine (C=N–C) groups is 1. The number of ketones is 1. The number of aryl methyl sites for hydroxylation is 1. The molecule has 0 N–H and O–H groups in total. The third-order valence-electron chi connectivity index (χ3n) is 5.20. The molecular formula is C19H18ClNOS. The van der Waals surface area contributed by atoms with Crippen molar-refractivity contribution >= 4 is 34.4 Å². The first-order valence-corrected chi connectivity index (χ1v) is 9.10. The van der Waals surface area contributed by atoms with Gasteiger partial charge in [0.15, 0.2) is 5.78 Å². The molecule has 1 saturated carbocycles. The second kappa shape index (κ2) is 5.02. The monoisotopic (exact) mass is 343 g/mol. The lowest BCUT2D eigenvalue weighted by molar-refractivity contribution is -0.120. The average Bonchev–Trinajstić information content (AvgIpc) is 3.11. The molecule has 118 valence electrons. The third-order valence-corrected chi connectivity index (χ3v) is 6.66. The van der Waals surface area contributed by atoms with Gasteiger partial charge in [0.05, 0.1) is 5.71 Å². The molecule has 0 saturated heterocycles. The summed E-state index contributed by atoms with van der Waals surface area (Å²) in [5, 5.41) is 0.715. The predicted octanol–water partition coefficient (Wildman–Crippen LogP) is 4.76. The van der Waals surface area contributed by atoms with Gasteiger partial charge in [-0.2, -0.15) is 0 Å². The molecule has 1 spiro atoms. The average molecular weight is 344 g/mol. The van der Waals surface area contributed by atoms with Crippen molar-refractivity contribution in [2.75, 3.05) is 0 Å². The number of rotatable bonds is 1. The lowest BCUT2D eigenvalue weighted by atomic mass is 9.98. The van der Waals surface area contributed by atoms with Crippen LogP contribution < -0.4 is 0 Å². The van der Waals surface area contributed by atoms with Crippen molar-refractivity contribution in [3.63, 3.8) is 0 Å². The summed E-state index contributed by atoms with van der Waals surface area (Å²) >= 11 is 7.78. The maximum absolute atomic E-state index is 12.8. The van der Waals surface area contributed by atoms with Crippen LogP contribution in [0.3, 0.4) is 0 Å². The van der Waals surface area contributed by atoms with Crippen molar-refractivity contribution in [1.82, 2.24) is 0 Å². The fourth-order valence-corrected chi connectivity index (χ4v) is 4.82. The molecule has 0 radical (unpaired) electrons. The highest BCUT2D eigenvalue weighted by Crippen LogP contribution is 2.51. The Hall–Kier alpha value is -1.45. The fraction of sp³-hybridized carbons (Fsp3) is 0.368. The standard InChI is InChI=1S/C19H18ClNOS/c1-10-9-19(10)16(22)8-15-17(11(2)12(3)23-15)18(21-19)13-4-6-14(20)7-5-13/h4-7,10H,8-9H2,1-3H3/t10-,19+/m0/s1. The molecule has 0 amide bonds. The van der Waals surface area contributed by atoms with Crippen LogP contribution in [0.25, 0.3) is 0 Å². The van der Waals surface area contributed by atoms with Crippen LogP contribution in [0, 0.1) is 19.8 Å². The number of carbonyl (C=O) groups excluding carboxylic acids is 1. The number of fused-ring (bicyclic) bond motifs is 1. The van der Waals surface area contributed by atoms with Crippen LogP contribution in [0.2, 0.25) is 5.02 Å². The van der Waals surface area contributed by atoms with Crippen molar-refractivity contribution in [3.8, 4) is 0 Å². The lowest BCUT2D eigenvalue weighted by Gasteiger charge is -2.11. The Morgan fingerprint density at radius 1 is 1.26 bits per heavy atom. The highest BCUT2D eigenvalue weighted by molar-refractivity contribution is 7.12. The van der Waals surface area contributed by atoms with Crippen molar-refractivity contribution in [1.29, 1.82) is 0 Å². The Balaban J connectivity index is 1.97. The minimum atomic E-state index is -0.492. The van der Waals surface area contributed by atoms with E-state index in [-0.39, 0.29) is 5.78 Å². The van der Waals surface area contributed by atoms with E-state index >= 15 is 0 Å². The quantitative estimate of drug-likeness (QED) is 0.734. The molecule has 2 atom stereocenters. The first-order chi connectivity index (χ1) is 10.9. The van der Waals surface area contributed by atoms with Crippen LogP contribution in [-0.2, 0) is 11.2 Å². The zero-order valence-electron chi connectivity index (χ0n) is 13.4. The molecule has 2 aliphatic rings. The summed E-state index contributed by atoms with van der Waals surface area (Å²) in [6.45, 7) is 6.38. The number of hydrogen-bond donors (Lipinski definition) is 0. The highest BCUT2D eigenvalue weighted by Gasteiger charge is 2.58. The molecule has 1 aromatic carbocycles. The van der Waals surface area contributed by atoms with Gasteiger partial charge in [0, 0.05) is 32.3 Å². The third kappa shape index (κ3) is 2.21. The van der Waals surface area contributed by atoms with Crippen LogP contribution >= 0.6 is 22.9 Å². The number of benzene rings is 1. The van der Waals surface area contributed by atoms with Crippen molar-refractivity contribution in [3.05, 3.63) is 55.7 Å². The van der Waals surface area contributed by atoms with Gasteiger partial charge in [-0.1, -0.05) is 30.7 Å². The molecule has 0 unspecified atom stereocenters. The van der Waals surface area contributed by atoms with Crippen molar-refractivity contribution < 1.29 is 4.79 Å². The second-order valence-corrected chi connectivity index (χ2v) is 8.42. The number of hydrogen-bond acceptors (Lipinski definition) is 3. The Kier molecular flexibility index (Phi) is 3.30. The number of nitrogens with zero attached hydrogens (tertiary/aromatic N) is 1. The Morgan fingerprint density at radius 3 is 2.52 bits per heavy atom. The van der Waals surface area contributed by atoms with Gasteiger partial charge in [-0.3, -0.25) is 9.79 Å². The molecule has 4 heteroatoms. The number of carbonyl (C=O) groups is 1. The van der Waals surface area contributed by atoms with Gasteiger partial charge in [-0.15, -0.1) is 11.3 Å². The summed E-state index contributed by atoms with van der Waals surface area (Å²) in [6, 6.07) is 7.80. The zero-order valence-corrected chi connectivity index (χ0v) is 15.0. The number of Topliss-reactive ketones (excluding diaryl/α,β-unsaturated/α-hetero) is 1. The molecule has 2 nitrogen and oxygen atoms in total. The van der Waals surface area contributed by atoms with Crippen molar-refractivity contribution in [2.45, 2.75) is 39.2 Å². The summed E-state index contributed by atoms with van der Waals surface area (Å²) in [4.78, 5) is 20.3. The molecule has 1 aromatic heterocycles. The van der Waals surface area contributed by atoms with Gasteiger partial charge in [-0.25, -0.2) is 0 Å². The minimum Gasteiger partial charge on any atom is -0.297 e. The van der Waals surface area contributed by atoms with Gasteiger partial charge in [0.2, 0.25) is 0 Å². The second-order valence-electron chi connectivity index (χ2n) is 6.68. The van der Waals surface area contributed by atoms with Gasteiger partial charge < -0.3 is 0 Å². The molecule has 1 aliphatic carbocycles. The number of halogens is 1. The molecule has 2 aromatic rings. The maximum Gasteiger partial charge on any atom is 0.165 e. The smallest absolute Gasteiger partial charge is 0.165 e. The maximum atomic E-state index is 12.8. The van der Waals surface area contributed by atoms with E-state index in [0.29, 0.717) is 17.4 Å². The molecule has 2 heterocycles. The van der Waals surface area contributed by atoms with Crippen LogP contribution in [0.4, 0.5) is 0 Å². The van der Waals surface area contributed by atoms with Crippen LogP contribution in [0.1, 0.15) is 39.8 Å². The fourth-order valence-electron chi connectivity index (χ4n) is 3.52. The normalized spacial score (nSPS) is 26.0. The molecule has 0 bridgehead atoms. The summed E-state index contributed by atoms with van der Waals surface area (Å²) in [5.41, 5.74) is 3.93. The van der Waals surface area contributed by atoms with Crippen LogP contribution in [0.15, 0.2) is 29.3 Å². The van der Waals surface area contributed by atoms with E-state index in [0.717, 1.165) is 22.6 Å². The van der Waals surface area contributed by atoms with E-state index in [1.165, 1.54) is 16.0 Å².